The third-order valence-corrected chi connectivity index (χ3v) is 3.65. The Bertz CT molecular complexity index is 314. The summed E-state index contributed by atoms with van der Waals surface area (Å²) in [5, 5.41) is 12.4. The molecule has 2 aliphatic rings. The number of hydrogen-bond donors (Lipinski definition) is 2. The number of amides is 1. The number of nitrogens with one attached hydrogen (secondary N) is 1. The van der Waals surface area contributed by atoms with Gasteiger partial charge < -0.3 is 15.3 Å². The number of carboxylic acids is 1. The Hall–Kier alpha value is -1.14. The molecule has 1 amide bonds. The van der Waals surface area contributed by atoms with Gasteiger partial charge in [-0.3, -0.25) is 9.69 Å². The highest BCUT2D eigenvalue weighted by Gasteiger charge is 2.34. The van der Waals surface area contributed by atoms with Crippen LogP contribution in [0, 0.1) is 0 Å². The summed E-state index contributed by atoms with van der Waals surface area (Å²) in [6.45, 7) is 4.59. The highest BCUT2D eigenvalue weighted by atomic mass is 16.4. The molecule has 2 fully saturated rings. The molecule has 6 nitrogen and oxygen atoms in total. The molecule has 2 saturated heterocycles. The molecule has 0 unspecified atom stereocenters. The van der Waals surface area contributed by atoms with E-state index in [2.05, 4.69) is 10.2 Å². The van der Waals surface area contributed by atoms with Crippen molar-refractivity contribution in [1.29, 1.82) is 0 Å². The van der Waals surface area contributed by atoms with Crippen molar-refractivity contribution in [2.24, 2.45) is 0 Å². The molecule has 2 heterocycles. The zero-order valence-electron chi connectivity index (χ0n) is 10.6. The van der Waals surface area contributed by atoms with Crippen molar-refractivity contribution in [3.05, 3.63) is 0 Å². The van der Waals surface area contributed by atoms with Crippen molar-refractivity contribution in [3.8, 4) is 0 Å². The monoisotopic (exact) mass is 255 g/mol. The minimum atomic E-state index is -0.876. The molecule has 0 aromatic rings. The Morgan fingerprint density at radius 1 is 1.17 bits per heavy atom. The number of carboxylic acid groups (broad SMARTS) is 1. The first-order chi connectivity index (χ1) is 8.68. The maximum atomic E-state index is 12.1. The molecule has 6 heteroatoms. The molecule has 0 saturated carbocycles. The Morgan fingerprint density at radius 2 is 2.00 bits per heavy atom. The van der Waals surface area contributed by atoms with Crippen LogP contribution in [0.3, 0.4) is 0 Å². The van der Waals surface area contributed by atoms with Crippen LogP contribution in [-0.4, -0.2) is 72.1 Å². The molecular weight excluding hydrogens is 234 g/mol. The van der Waals surface area contributed by atoms with Gasteiger partial charge in [-0.2, -0.15) is 0 Å². The number of carbonyl (C=O) groups excluding carboxylic acids is 1. The van der Waals surface area contributed by atoms with Crippen LogP contribution in [0.1, 0.15) is 19.3 Å². The smallest absolute Gasteiger partial charge is 0.326 e. The summed E-state index contributed by atoms with van der Waals surface area (Å²) in [4.78, 5) is 26.8. The van der Waals surface area contributed by atoms with Gasteiger partial charge in [-0.05, 0) is 32.4 Å². The third kappa shape index (κ3) is 3.20. The molecular formula is C12H21N3O3. The fourth-order valence-electron chi connectivity index (χ4n) is 2.66. The van der Waals surface area contributed by atoms with Gasteiger partial charge in [-0.15, -0.1) is 0 Å². The van der Waals surface area contributed by atoms with Crippen molar-refractivity contribution in [2.75, 3.05) is 39.3 Å². The first-order valence-electron chi connectivity index (χ1n) is 6.64. The van der Waals surface area contributed by atoms with Gasteiger partial charge in [-0.25, -0.2) is 4.79 Å². The highest BCUT2D eigenvalue weighted by Crippen LogP contribution is 2.17. The summed E-state index contributed by atoms with van der Waals surface area (Å²) in [5.74, 6) is -0.916. The van der Waals surface area contributed by atoms with E-state index in [-0.39, 0.29) is 5.91 Å². The van der Waals surface area contributed by atoms with Crippen LogP contribution >= 0.6 is 0 Å². The zero-order chi connectivity index (χ0) is 13.0. The van der Waals surface area contributed by atoms with Gasteiger partial charge in [0, 0.05) is 19.6 Å². The second kappa shape index (κ2) is 6.15. The van der Waals surface area contributed by atoms with Gasteiger partial charge in [-0.1, -0.05) is 0 Å². The average Bonchev–Trinajstić information content (AvgIpc) is 2.70. The Kier molecular flexibility index (Phi) is 4.54. The van der Waals surface area contributed by atoms with Crippen molar-refractivity contribution in [1.82, 2.24) is 15.1 Å². The van der Waals surface area contributed by atoms with Crippen LogP contribution in [0.5, 0.6) is 0 Å². The zero-order valence-corrected chi connectivity index (χ0v) is 10.6. The molecule has 2 aliphatic heterocycles. The molecule has 18 heavy (non-hydrogen) atoms. The second-order valence-corrected chi connectivity index (χ2v) is 4.96. The van der Waals surface area contributed by atoms with Gasteiger partial charge in [0.2, 0.25) is 5.91 Å². The molecule has 0 spiro atoms. The number of hydrogen-bond acceptors (Lipinski definition) is 4. The van der Waals surface area contributed by atoms with Crippen LogP contribution in [-0.2, 0) is 9.59 Å². The lowest BCUT2D eigenvalue weighted by atomic mass is 10.2. The van der Waals surface area contributed by atoms with E-state index in [4.69, 9.17) is 5.11 Å². The van der Waals surface area contributed by atoms with Crippen molar-refractivity contribution < 1.29 is 14.7 Å². The van der Waals surface area contributed by atoms with E-state index in [1.807, 2.05) is 0 Å². The maximum Gasteiger partial charge on any atom is 0.326 e. The second-order valence-electron chi connectivity index (χ2n) is 4.96. The third-order valence-electron chi connectivity index (χ3n) is 3.65. The van der Waals surface area contributed by atoms with Crippen molar-refractivity contribution >= 4 is 11.9 Å². The average molecular weight is 255 g/mol. The van der Waals surface area contributed by atoms with Gasteiger partial charge in [0.25, 0.3) is 0 Å². The predicted octanol–water partition coefficient (Wildman–Crippen LogP) is -0.643. The fourth-order valence-corrected chi connectivity index (χ4v) is 2.66. The van der Waals surface area contributed by atoms with Crippen molar-refractivity contribution in [3.63, 3.8) is 0 Å². The number of rotatable bonds is 3. The SMILES string of the molecule is O=C(O)[C@H]1CCCN1C(=O)CN1CCCNCC1. The van der Waals surface area contributed by atoms with E-state index in [0.29, 0.717) is 19.5 Å². The molecule has 0 aliphatic carbocycles. The van der Waals surface area contributed by atoms with Gasteiger partial charge in [0.1, 0.15) is 6.04 Å². The van der Waals surface area contributed by atoms with Crippen LogP contribution in [0.25, 0.3) is 0 Å². The van der Waals surface area contributed by atoms with Crippen LogP contribution in [0.2, 0.25) is 0 Å². The van der Waals surface area contributed by atoms with Crippen LogP contribution in [0.15, 0.2) is 0 Å². The predicted molar refractivity (Wildman–Crippen MR) is 66.3 cm³/mol. The number of carbonyl (C=O) groups is 2. The summed E-state index contributed by atoms with van der Waals surface area (Å²) < 4.78 is 0. The summed E-state index contributed by atoms with van der Waals surface area (Å²) >= 11 is 0. The first kappa shape index (κ1) is 13.3. The molecule has 0 aromatic heterocycles. The normalized spacial score (nSPS) is 26.0. The number of nitrogens with zero attached hydrogens (tertiary/aromatic N) is 2. The lowest BCUT2D eigenvalue weighted by Crippen LogP contribution is -2.46. The number of aliphatic carboxylic acids is 1. The first-order valence-corrected chi connectivity index (χ1v) is 6.64. The van der Waals surface area contributed by atoms with Gasteiger partial charge >= 0.3 is 5.97 Å². The van der Waals surface area contributed by atoms with Crippen LogP contribution < -0.4 is 5.32 Å². The van der Waals surface area contributed by atoms with E-state index >= 15 is 0 Å². The van der Waals surface area contributed by atoms with E-state index < -0.39 is 12.0 Å². The quantitative estimate of drug-likeness (QED) is 0.701. The minimum absolute atomic E-state index is 0.0400. The van der Waals surface area contributed by atoms with Gasteiger partial charge in [0.05, 0.1) is 6.54 Å². The Balaban J connectivity index is 1.88. The molecule has 0 bridgehead atoms. The Labute approximate surface area is 107 Å². The number of likely N-dealkylation sites (tertiary alicyclic amines) is 1. The molecule has 1 atom stereocenters. The van der Waals surface area contributed by atoms with Crippen LogP contribution in [0.4, 0.5) is 0 Å². The summed E-state index contributed by atoms with van der Waals surface area (Å²) in [5.41, 5.74) is 0. The molecule has 0 radical (unpaired) electrons. The lowest BCUT2D eigenvalue weighted by Gasteiger charge is -2.25. The van der Waals surface area contributed by atoms with E-state index in [1.54, 1.807) is 0 Å². The van der Waals surface area contributed by atoms with E-state index in [0.717, 1.165) is 39.0 Å². The standard InChI is InChI=1S/C12H21N3O3/c16-11(9-14-6-2-4-13-5-8-14)15-7-1-3-10(15)12(17)18/h10,13H,1-9H2,(H,17,18)/t10-/m1/s1. The topological polar surface area (TPSA) is 72.9 Å². The summed E-state index contributed by atoms with van der Waals surface area (Å²) in [7, 11) is 0. The van der Waals surface area contributed by atoms with Gasteiger partial charge in [0.15, 0.2) is 0 Å². The summed E-state index contributed by atoms with van der Waals surface area (Å²) in [6, 6.07) is -0.609. The Morgan fingerprint density at radius 3 is 2.78 bits per heavy atom. The minimum Gasteiger partial charge on any atom is -0.480 e. The fraction of sp³-hybridized carbons (Fsp3) is 0.833. The molecule has 2 rings (SSSR count). The lowest BCUT2D eigenvalue weighted by molar-refractivity contribution is -0.148. The van der Waals surface area contributed by atoms with E-state index in [1.165, 1.54) is 4.90 Å². The summed E-state index contributed by atoms with van der Waals surface area (Å²) in [6.07, 6.45) is 2.42. The molecule has 102 valence electrons. The maximum absolute atomic E-state index is 12.1. The largest absolute Gasteiger partial charge is 0.480 e. The molecule has 2 N–H and O–H groups in total. The van der Waals surface area contributed by atoms with Crippen molar-refractivity contribution in [2.45, 2.75) is 25.3 Å². The van der Waals surface area contributed by atoms with E-state index in [9.17, 15) is 9.59 Å². The molecule has 0 aromatic carbocycles. The highest BCUT2D eigenvalue weighted by molar-refractivity contribution is 5.85.